The fourth-order valence-electron chi connectivity index (χ4n) is 2.60. The summed E-state index contributed by atoms with van der Waals surface area (Å²) in [6, 6.07) is 10.4. The molecule has 0 N–H and O–H groups in total. The Labute approximate surface area is 111 Å². The molecule has 1 aromatic carbocycles. The van der Waals surface area contributed by atoms with E-state index in [4.69, 9.17) is 9.47 Å². The van der Waals surface area contributed by atoms with E-state index in [0.29, 0.717) is 0 Å². The van der Waals surface area contributed by atoms with Crippen LogP contribution in [0, 0.1) is 0 Å². The average molecular weight is 250 g/mol. The predicted molar refractivity (Wildman–Crippen MR) is 76.0 cm³/mol. The molecule has 0 radical (unpaired) electrons. The maximum atomic E-state index is 5.77. The number of ether oxygens (including phenoxy) is 2. The van der Waals surface area contributed by atoms with Gasteiger partial charge in [0.15, 0.2) is 0 Å². The SMILES string of the molecule is COC(C)(C)C(C)(c1ccccc1)C(C)(C)OC. The van der Waals surface area contributed by atoms with Gasteiger partial charge >= 0.3 is 0 Å². The zero-order chi connectivity index (χ0) is 14.0. The van der Waals surface area contributed by atoms with E-state index in [1.54, 1.807) is 14.2 Å². The van der Waals surface area contributed by atoms with Gasteiger partial charge in [-0.05, 0) is 40.2 Å². The number of rotatable bonds is 5. The molecular weight excluding hydrogens is 224 g/mol. The van der Waals surface area contributed by atoms with Crippen molar-refractivity contribution in [3.8, 4) is 0 Å². The van der Waals surface area contributed by atoms with Crippen molar-refractivity contribution in [1.82, 2.24) is 0 Å². The molecule has 0 spiro atoms. The lowest BCUT2D eigenvalue weighted by molar-refractivity contribution is -0.141. The first-order valence-electron chi connectivity index (χ1n) is 6.39. The molecule has 0 aliphatic heterocycles. The molecule has 0 atom stereocenters. The second-order valence-electron chi connectivity index (χ2n) is 5.92. The molecule has 1 rings (SSSR count). The molecule has 0 saturated heterocycles. The standard InChI is InChI=1S/C16H26O2/c1-14(2,17-6)16(5,15(3,4)18-7)13-11-9-8-10-12-13/h8-12H,1-7H3. The van der Waals surface area contributed by atoms with Crippen LogP contribution in [0.1, 0.15) is 40.2 Å². The molecule has 0 aliphatic carbocycles. The van der Waals surface area contributed by atoms with E-state index in [-0.39, 0.29) is 16.6 Å². The summed E-state index contributed by atoms with van der Waals surface area (Å²) in [6.45, 7) is 10.7. The average Bonchev–Trinajstić information content (AvgIpc) is 2.38. The van der Waals surface area contributed by atoms with Gasteiger partial charge in [-0.3, -0.25) is 0 Å². The molecule has 0 aliphatic rings. The number of methoxy groups -OCH3 is 2. The van der Waals surface area contributed by atoms with Crippen LogP contribution in [-0.4, -0.2) is 25.4 Å². The van der Waals surface area contributed by atoms with Gasteiger partial charge in [0.25, 0.3) is 0 Å². The maximum absolute atomic E-state index is 5.77. The molecule has 102 valence electrons. The quantitative estimate of drug-likeness (QED) is 0.791. The normalized spacial score (nSPS) is 13.7. The van der Waals surface area contributed by atoms with Crippen LogP contribution in [0.2, 0.25) is 0 Å². The Bertz CT molecular complexity index is 363. The second-order valence-corrected chi connectivity index (χ2v) is 5.92. The molecule has 0 amide bonds. The molecule has 0 heterocycles. The summed E-state index contributed by atoms with van der Waals surface area (Å²) in [6.07, 6.45) is 0. The van der Waals surface area contributed by atoms with Gasteiger partial charge in [0, 0.05) is 19.6 Å². The summed E-state index contributed by atoms with van der Waals surface area (Å²) >= 11 is 0. The van der Waals surface area contributed by atoms with Crippen molar-refractivity contribution < 1.29 is 9.47 Å². The molecule has 0 saturated carbocycles. The van der Waals surface area contributed by atoms with Crippen molar-refractivity contribution in [3.63, 3.8) is 0 Å². The van der Waals surface area contributed by atoms with Gasteiger partial charge in [0.05, 0.1) is 11.2 Å². The fraction of sp³-hybridized carbons (Fsp3) is 0.625. The minimum absolute atomic E-state index is 0.259. The van der Waals surface area contributed by atoms with E-state index in [1.165, 1.54) is 5.56 Å². The molecule has 2 heteroatoms. The van der Waals surface area contributed by atoms with E-state index in [9.17, 15) is 0 Å². The molecular formula is C16H26O2. The van der Waals surface area contributed by atoms with Crippen LogP contribution in [0.5, 0.6) is 0 Å². The van der Waals surface area contributed by atoms with Crippen LogP contribution in [0.25, 0.3) is 0 Å². The zero-order valence-corrected chi connectivity index (χ0v) is 12.7. The zero-order valence-electron chi connectivity index (χ0n) is 12.7. The first kappa shape index (κ1) is 15.2. The summed E-state index contributed by atoms with van der Waals surface area (Å²) in [7, 11) is 3.51. The van der Waals surface area contributed by atoms with Crippen molar-refractivity contribution in [2.24, 2.45) is 0 Å². The smallest absolute Gasteiger partial charge is 0.0743 e. The lowest BCUT2D eigenvalue weighted by Gasteiger charge is -2.52. The van der Waals surface area contributed by atoms with Crippen LogP contribution >= 0.6 is 0 Å². The Morgan fingerprint density at radius 1 is 0.722 bits per heavy atom. The van der Waals surface area contributed by atoms with Gasteiger partial charge in [-0.25, -0.2) is 0 Å². The maximum Gasteiger partial charge on any atom is 0.0743 e. The fourth-order valence-corrected chi connectivity index (χ4v) is 2.60. The van der Waals surface area contributed by atoms with Gasteiger partial charge in [-0.1, -0.05) is 30.3 Å². The Balaban J connectivity index is 3.46. The number of benzene rings is 1. The van der Waals surface area contributed by atoms with E-state index in [1.807, 2.05) is 6.07 Å². The van der Waals surface area contributed by atoms with Crippen LogP contribution in [0.15, 0.2) is 30.3 Å². The highest BCUT2D eigenvalue weighted by Gasteiger charge is 2.53. The van der Waals surface area contributed by atoms with Gasteiger partial charge in [-0.2, -0.15) is 0 Å². The predicted octanol–water partition coefficient (Wildman–Crippen LogP) is 3.79. The summed E-state index contributed by atoms with van der Waals surface area (Å²) in [5, 5.41) is 0. The first-order chi connectivity index (χ1) is 8.23. The second kappa shape index (κ2) is 5.02. The minimum atomic E-state index is -0.339. The van der Waals surface area contributed by atoms with Crippen LogP contribution in [-0.2, 0) is 14.9 Å². The van der Waals surface area contributed by atoms with Gasteiger partial charge in [-0.15, -0.1) is 0 Å². The molecule has 0 unspecified atom stereocenters. The summed E-state index contributed by atoms with van der Waals surface area (Å²) in [5.74, 6) is 0. The Kier molecular flexibility index (Phi) is 4.24. The van der Waals surface area contributed by atoms with Crippen molar-refractivity contribution in [1.29, 1.82) is 0 Å². The van der Waals surface area contributed by atoms with E-state index in [2.05, 4.69) is 58.9 Å². The topological polar surface area (TPSA) is 18.5 Å². The summed E-state index contributed by atoms with van der Waals surface area (Å²) in [4.78, 5) is 0. The third-order valence-corrected chi connectivity index (χ3v) is 4.78. The van der Waals surface area contributed by atoms with Crippen molar-refractivity contribution in [2.75, 3.05) is 14.2 Å². The lowest BCUT2D eigenvalue weighted by Crippen LogP contribution is -2.60. The first-order valence-corrected chi connectivity index (χ1v) is 6.39. The van der Waals surface area contributed by atoms with E-state index < -0.39 is 0 Å². The molecule has 2 nitrogen and oxygen atoms in total. The molecule has 0 aromatic heterocycles. The lowest BCUT2D eigenvalue weighted by atomic mass is 9.61. The highest BCUT2D eigenvalue weighted by molar-refractivity contribution is 5.32. The number of hydrogen-bond donors (Lipinski definition) is 0. The van der Waals surface area contributed by atoms with Crippen LogP contribution in [0.3, 0.4) is 0 Å². The third-order valence-electron chi connectivity index (χ3n) is 4.78. The van der Waals surface area contributed by atoms with Crippen molar-refractivity contribution in [3.05, 3.63) is 35.9 Å². The van der Waals surface area contributed by atoms with Crippen LogP contribution in [0.4, 0.5) is 0 Å². The van der Waals surface area contributed by atoms with Crippen LogP contribution < -0.4 is 0 Å². The Morgan fingerprint density at radius 3 is 1.44 bits per heavy atom. The number of hydrogen-bond acceptors (Lipinski definition) is 2. The largest absolute Gasteiger partial charge is 0.378 e. The minimum Gasteiger partial charge on any atom is -0.378 e. The molecule has 1 aromatic rings. The Morgan fingerprint density at radius 2 is 1.11 bits per heavy atom. The molecule has 0 fully saturated rings. The van der Waals surface area contributed by atoms with E-state index in [0.717, 1.165) is 0 Å². The van der Waals surface area contributed by atoms with Gasteiger partial charge in [0.2, 0.25) is 0 Å². The van der Waals surface area contributed by atoms with E-state index >= 15 is 0 Å². The van der Waals surface area contributed by atoms with Crippen molar-refractivity contribution in [2.45, 2.75) is 51.2 Å². The highest BCUT2D eigenvalue weighted by Crippen LogP contribution is 2.46. The third kappa shape index (κ3) is 2.19. The summed E-state index contributed by atoms with van der Waals surface area (Å²) < 4.78 is 11.5. The monoisotopic (exact) mass is 250 g/mol. The summed E-state index contributed by atoms with van der Waals surface area (Å²) in [5.41, 5.74) is 0.288. The van der Waals surface area contributed by atoms with Gasteiger partial charge < -0.3 is 9.47 Å². The molecule has 18 heavy (non-hydrogen) atoms. The highest BCUT2D eigenvalue weighted by atomic mass is 16.5. The van der Waals surface area contributed by atoms with Gasteiger partial charge in [0.1, 0.15) is 0 Å². The van der Waals surface area contributed by atoms with Crippen molar-refractivity contribution >= 4 is 0 Å². The Hall–Kier alpha value is -0.860. The molecule has 0 bridgehead atoms.